The van der Waals surface area contributed by atoms with Crippen LogP contribution in [0.25, 0.3) is 10.9 Å². The number of nitrogens with zero attached hydrogens (tertiary/aromatic N) is 3. The molecule has 0 bridgehead atoms. The first-order chi connectivity index (χ1) is 10.8. The van der Waals surface area contributed by atoms with Crippen LogP contribution in [-0.2, 0) is 9.53 Å². The summed E-state index contributed by atoms with van der Waals surface area (Å²) < 4.78 is 5.23. The highest BCUT2D eigenvalue weighted by Crippen LogP contribution is 2.28. The lowest BCUT2D eigenvalue weighted by molar-refractivity contribution is -0.143. The summed E-state index contributed by atoms with van der Waals surface area (Å²) in [5.74, 6) is -0.944. The summed E-state index contributed by atoms with van der Waals surface area (Å²) in [7, 11) is 0. The molecule has 1 atom stereocenters. The van der Waals surface area contributed by atoms with Crippen molar-refractivity contribution in [2.45, 2.75) is 12.8 Å². The fourth-order valence-corrected chi connectivity index (χ4v) is 2.44. The average molecular weight is 293 g/mol. The topological polar surface area (TPSA) is 65.0 Å². The molecule has 0 amide bonds. The third-order valence-electron chi connectivity index (χ3n) is 3.41. The predicted octanol–water partition coefficient (Wildman–Crippen LogP) is 2.72. The molecule has 5 nitrogen and oxygen atoms in total. The molecule has 3 aromatic rings. The van der Waals surface area contributed by atoms with Crippen molar-refractivity contribution < 1.29 is 9.53 Å². The minimum Gasteiger partial charge on any atom is -0.465 e. The minimum absolute atomic E-state index is 0.318. The third-order valence-corrected chi connectivity index (χ3v) is 3.41. The molecule has 5 heteroatoms. The van der Waals surface area contributed by atoms with Crippen LogP contribution in [0, 0.1) is 0 Å². The lowest BCUT2D eigenvalue weighted by Crippen LogP contribution is -2.19. The second kappa shape index (κ2) is 6.30. The molecule has 0 radical (unpaired) electrons. The van der Waals surface area contributed by atoms with Crippen molar-refractivity contribution in [1.29, 1.82) is 0 Å². The Morgan fingerprint density at radius 2 is 1.77 bits per heavy atom. The molecule has 0 aliphatic rings. The Balaban J connectivity index is 2.18. The molecule has 0 saturated carbocycles. The smallest absolute Gasteiger partial charge is 0.319 e. The van der Waals surface area contributed by atoms with E-state index in [0.717, 1.165) is 10.9 Å². The third kappa shape index (κ3) is 2.65. The number of carbonyl (C=O) groups is 1. The Hall–Kier alpha value is -2.82. The van der Waals surface area contributed by atoms with Gasteiger partial charge in [0.05, 0.1) is 17.8 Å². The van der Waals surface area contributed by atoms with Crippen LogP contribution in [0.3, 0.4) is 0 Å². The van der Waals surface area contributed by atoms with Crippen LogP contribution in [-0.4, -0.2) is 28.0 Å². The van der Waals surface area contributed by atoms with E-state index < -0.39 is 5.92 Å². The number of hydrogen-bond acceptors (Lipinski definition) is 5. The number of esters is 1. The van der Waals surface area contributed by atoms with E-state index in [1.807, 2.05) is 54.6 Å². The van der Waals surface area contributed by atoms with E-state index in [0.29, 0.717) is 17.8 Å². The minimum atomic E-state index is -0.610. The van der Waals surface area contributed by atoms with E-state index >= 15 is 0 Å². The first-order valence-electron chi connectivity index (χ1n) is 7.11. The Labute approximate surface area is 128 Å². The highest BCUT2D eigenvalue weighted by atomic mass is 16.5. The molecule has 0 aliphatic heterocycles. The van der Waals surface area contributed by atoms with Gasteiger partial charge in [0.2, 0.25) is 0 Å². The number of fused-ring (bicyclic) bond motifs is 1. The van der Waals surface area contributed by atoms with Crippen LogP contribution in [0.15, 0.2) is 54.6 Å². The van der Waals surface area contributed by atoms with Gasteiger partial charge < -0.3 is 4.74 Å². The van der Waals surface area contributed by atoms with Gasteiger partial charge in [0.1, 0.15) is 5.92 Å². The summed E-state index contributed by atoms with van der Waals surface area (Å²) in [6, 6.07) is 17.0. The summed E-state index contributed by atoms with van der Waals surface area (Å²) in [4.78, 5) is 12.5. The first-order valence-corrected chi connectivity index (χ1v) is 7.11. The van der Waals surface area contributed by atoms with Gasteiger partial charge in [0, 0.05) is 5.39 Å². The first kappa shape index (κ1) is 14.1. The van der Waals surface area contributed by atoms with Crippen molar-refractivity contribution in [2.75, 3.05) is 6.61 Å². The maximum Gasteiger partial charge on any atom is 0.319 e. The summed E-state index contributed by atoms with van der Waals surface area (Å²) in [5.41, 5.74) is 2.10. The van der Waals surface area contributed by atoms with Gasteiger partial charge in [0.25, 0.3) is 0 Å². The quantitative estimate of drug-likeness (QED) is 0.692. The lowest BCUT2D eigenvalue weighted by Gasteiger charge is -2.16. The van der Waals surface area contributed by atoms with Crippen molar-refractivity contribution in [1.82, 2.24) is 15.4 Å². The lowest BCUT2D eigenvalue weighted by atomic mass is 9.93. The molecule has 0 saturated heterocycles. The fraction of sp³-hybridized carbons (Fsp3) is 0.176. The van der Waals surface area contributed by atoms with Gasteiger partial charge >= 0.3 is 5.97 Å². The zero-order valence-corrected chi connectivity index (χ0v) is 12.1. The van der Waals surface area contributed by atoms with Crippen molar-refractivity contribution in [2.24, 2.45) is 0 Å². The van der Waals surface area contributed by atoms with E-state index in [-0.39, 0.29) is 5.97 Å². The van der Waals surface area contributed by atoms with Gasteiger partial charge in [0.15, 0.2) is 0 Å². The van der Waals surface area contributed by atoms with Gasteiger partial charge in [-0.1, -0.05) is 48.5 Å². The molecule has 1 heterocycles. The molecule has 0 aliphatic carbocycles. The Kier molecular flexibility index (Phi) is 4.05. The zero-order valence-electron chi connectivity index (χ0n) is 12.1. The summed E-state index contributed by atoms with van der Waals surface area (Å²) in [6.07, 6.45) is 0. The second-order valence-electron chi connectivity index (χ2n) is 4.79. The second-order valence-corrected chi connectivity index (χ2v) is 4.79. The maximum absolute atomic E-state index is 12.5. The normalized spacial score (nSPS) is 12.0. The molecule has 22 heavy (non-hydrogen) atoms. The van der Waals surface area contributed by atoms with Gasteiger partial charge in [-0.2, -0.15) is 0 Å². The molecular weight excluding hydrogens is 278 g/mol. The maximum atomic E-state index is 12.5. The molecule has 0 spiro atoms. The van der Waals surface area contributed by atoms with E-state index in [2.05, 4.69) is 15.4 Å². The molecule has 1 aromatic heterocycles. The molecule has 1 unspecified atom stereocenters. The summed E-state index contributed by atoms with van der Waals surface area (Å²) in [6.45, 7) is 2.11. The number of hydrogen-bond donors (Lipinski definition) is 0. The summed E-state index contributed by atoms with van der Waals surface area (Å²) in [5, 5.41) is 12.7. The van der Waals surface area contributed by atoms with Crippen LogP contribution >= 0.6 is 0 Å². The van der Waals surface area contributed by atoms with Crippen LogP contribution in [0.4, 0.5) is 0 Å². The number of benzene rings is 2. The van der Waals surface area contributed by atoms with E-state index in [1.165, 1.54) is 0 Å². The van der Waals surface area contributed by atoms with Gasteiger partial charge in [-0.3, -0.25) is 4.79 Å². The van der Waals surface area contributed by atoms with E-state index in [9.17, 15) is 4.79 Å². The molecule has 2 aromatic carbocycles. The molecule has 110 valence electrons. The average Bonchev–Trinajstić information content (AvgIpc) is 2.57. The van der Waals surface area contributed by atoms with Crippen LogP contribution in [0.5, 0.6) is 0 Å². The van der Waals surface area contributed by atoms with Gasteiger partial charge in [-0.25, -0.2) is 0 Å². The Morgan fingerprint density at radius 1 is 1.05 bits per heavy atom. The standard InChI is InChI=1S/C17H15N3O2/c1-2-22-17(21)15(12-8-4-3-5-9-12)16-13-10-6-7-11-14(13)18-20-19-16/h3-11,15H,2H2,1H3. The molecule has 3 rings (SSSR count). The fourth-order valence-electron chi connectivity index (χ4n) is 2.44. The monoisotopic (exact) mass is 293 g/mol. The van der Waals surface area contributed by atoms with Crippen LogP contribution in [0.1, 0.15) is 24.1 Å². The van der Waals surface area contributed by atoms with Crippen LogP contribution in [0.2, 0.25) is 0 Å². The highest BCUT2D eigenvalue weighted by molar-refractivity contribution is 5.89. The van der Waals surface area contributed by atoms with Crippen molar-refractivity contribution in [3.8, 4) is 0 Å². The van der Waals surface area contributed by atoms with Crippen molar-refractivity contribution >= 4 is 16.9 Å². The Bertz CT molecular complexity index is 785. The number of aromatic nitrogens is 3. The van der Waals surface area contributed by atoms with Crippen LogP contribution < -0.4 is 0 Å². The SMILES string of the molecule is CCOC(=O)C(c1ccccc1)c1nnnc2ccccc12. The van der Waals surface area contributed by atoms with Crippen molar-refractivity contribution in [3.05, 3.63) is 65.9 Å². The zero-order chi connectivity index (χ0) is 15.4. The number of rotatable bonds is 4. The number of ether oxygens (including phenoxy) is 1. The number of carbonyl (C=O) groups excluding carboxylic acids is 1. The largest absolute Gasteiger partial charge is 0.465 e. The van der Waals surface area contributed by atoms with Gasteiger partial charge in [-0.05, 0) is 23.8 Å². The molecule has 0 fully saturated rings. The predicted molar refractivity (Wildman–Crippen MR) is 82.3 cm³/mol. The van der Waals surface area contributed by atoms with Gasteiger partial charge in [-0.15, -0.1) is 10.2 Å². The van der Waals surface area contributed by atoms with E-state index in [1.54, 1.807) is 6.92 Å². The molecule has 0 N–H and O–H groups in total. The Morgan fingerprint density at radius 3 is 2.55 bits per heavy atom. The highest BCUT2D eigenvalue weighted by Gasteiger charge is 2.27. The summed E-state index contributed by atoms with van der Waals surface area (Å²) >= 11 is 0. The van der Waals surface area contributed by atoms with Crippen molar-refractivity contribution in [3.63, 3.8) is 0 Å². The van der Waals surface area contributed by atoms with E-state index in [4.69, 9.17) is 4.74 Å². The molecular formula is C17H15N3O2.